The Bertz CT molecular complexity index is 427. The number of unbranched alkanes of at least 4 members (excludes halogenated alkanes) is 1. The zero-order chi connectivity index (χ0) is 13.7. The SMILES string of the molecule is CCCCN(Cc1ccccc1CC(=O)O)C1CC1. The molecule has 3 nitrogen and oxygen atoms in total. The topological polar surface area (TPSA) is 40.5 Å². The molecule has 1 saturated carbocycles. The van der Waals surface area contributed by atoms with Crippen LogP contribution in [0.4, 0.5) is 0 Å². The predicted molar refractivity (Wildman–Crippen MR) is 76.1 cm³/mol. The zero-order valence-electron chi connectivity index (χ0n) is 11.6. The fraction of sp³-hybridized carbons (Fsp3) is 0.562. The molecular formula is C16H23NO2. The van der Waals surface area contributed by atoms with E-state index in [1.165, 1.54) is 31.2 Å². The maximum absolute atomic E-state index is 10.9. The van der Waals surface area contributed by atoms with Gasteiger partial charge in [0.05, 0.1) is 6.42 Å². The molecule has 1 aliphatic rings. The Hall–Kier alpha value is -1.35. The Labute approximate surface area is 115 Å². The van der Waals surface area contributed by atoms with Crippen molar-refractivity contribution in [2.75, 3.05) is 6.54 Å². The number of rotatable bonds is 8. The average molecular weight is 261 g/mol. The fourth-order valence-corrected chi connectivity index (χ4v) is 2.46. The molecule has 0 spiro atoms. The van der Waals surface area contributed by atoms with Gasteiger partial charge in [-0.1, -0.05) is 37.6 Å². The Morgan fingerprint density at radius 3 is 2.58 bits per heavy atom. The van der Waals surface area contributed by atoms with Crippen LogP contribution in [0.3, 0.4) is 0 Å². The van der Waals surface area contributed by atoms with E-state index in [-0.39, 0.29) is 6.42 Å². The van der Waals surface area contributed by atoms with Crippen LogP contribution in [-0.2, 0) is 17.8 Å². The number of nitrogens with zero attached hydrogens (tertiary/aromatic N) is 1. The summed E-state index contributed by atoms with van der Waals surface area (Å²) < 4.78 is 0. The molecule has 0 heterocycles. The third-order valence-corrected chi connectivity index (χ3v) is 3.70. The van der Waals surface area contributed by atoms with Gasteiger partial charge in [0.1, 0.15) is 0 Å². The van der Waals surface area contributed by atoms with Crippen molar-refractivity contribution in [3.8, 4) is 0 Å². The van der Waals surface area contributed by atoms with E-state index in [1.807, 2.05) is 18.2 Å². The molecule has 0 bridgehead atoms. The first-order valence-corrected chi connectivity index (χ1v) is 7.23. The molecule has 1 aromatic rings. The molecule has 2 rings (SSSR count). The minimum absolute atomic E-state index is 0.127. The van der Waals surface area contributed by atoms with E-state index >= 15 is 0 Å². The first-order valence-electron chi connectivity index (χ1n) is 7.23. The molecule has 19 heavy (non-hydrogen) atoms. The zero-order valence-corrected chi connectivity index (χ0v) is 11.6. The van der Waals surface area contributed by atoms with Crippen molar-refractivity contribution >= 4 is 5.97 Å². The van der Waals surface area contributed by atoms with Gasteiger partial charge in [0.15, 0.2) is 0 Å². The van der Waals surface area contributed by atoms with Gasteiger partial charge in [-0.05, 0) is 36.9 Å². The van der Waals surface area contributed by atoms with Gasteiger partial charge in [0.25, 0.3) is 0 Å². The van der Waals surface area contributed by atoms with Crippen LogP contribution in [0.2, 0.25) is 0 Å². The molecule has 0 aromatic heterocycles. The summed E-state index contributed by atoms with van der Waals surface area (Å²) >= 11 is 0. The van der Waals surface area contributed by atoms with Gasteiger partial charge in [-0.15, -0.1) is 0 Å². The van der Waals surface area contributed by atoms with Gasteiger partial charge in [-0.25, -0.2) is 0 Å². The molecule has 1 N–H and O–H groups in total. The standard InChI is InChI=1S/C16H23NO2/c1-2-3-10-17(15-8-9-15)12-14-7-5-4-6-13(14)11-16(18)19/h4-7,15H,2-3,8-12H2,1H3,(H,18,19). The highest BCUT2D eigenvalue weighted by atomic mass is 16.4. The number of carboxylic acids is 1. The van der Waals surface area contributed by atoms with Crippen LogP contribution in [0.15, 0.2) is 24.3 Å². The number of benzene rings is 1. The van der Waals surface area contributed by atoms with E-state index in [0.717, 1.165) is 24.7 Å². The molecule has 0 amide bonds. The average Bonchev–Trinajstić information content (AvgIpc) is 3.20. The van der Waals surface area contributed by atoms with E-state index in [1.54, 1.807) is 0 Å². The monoisotopic (exact) mass is 261 g/mol. The normalized spacial score (nSPS) is 14.8. The van der Waals surface area contributed by atoms with E-state index in [4.69, 9.17) is 5.11 Å². The van der Waals surface area contributed by atoms with E-state index in [9.17, 15) is 4.79 Å². The number of hydrogen-bond acceptors (Lipinski definition) is 2. The summed E-state index contributed by atoms with van der Waals surface area (Å²) in [7, 11) is 0. The molecule has 1 aliphatic carbocycles. The van der Waals surface area contributed by atoms with Crippen LogP contribution in [0.25, 0.3) is 0 Å². The predicted octanol–water partition coefficient (Wildman–Crippen LogP) is 3.08. The highest BCUT2D eigenvalue weighted by molar-refractivity contribution is 5.70. The molecule has 0 radical (unpaired) electrons. The lowest BCUT2D eigenvalue weighted by atomic mass is 10.0. The van der Waals surface area contributed by atoms with Crippen LogP contribution >= 0.6 is 0 Å². The highest BCUT2D eigenvalue weighted by Gasteiger charge is 2.28. The third-order valence-electron chi connectivity index (χ3n) is 3.70. The van der Waals surface area contributed by atoms with Crippen molar-refractivity contribution in [1.82, 2.24) is 4.90 Å². The fourth-order valence-electron chi connectivity index (χ4n) is 2.46. The second-order valence-electron chi connectivity index (χ2n) is 5.39. The van der Waals surface area contributed by atoms with E-state index in [2.05, 4.69) is 17.9 Å². The summed E-state index contributed by atoms with van der Waals surface area (Å²) in [6.07, 6.45) is 5.15. The molecule has 104 valence electrons. The number of carbonyl (C=O) groups is 1. The van der Waals surface area contributed by atoms with E-state index < -0.39 is 5.97 Å². The second kappa shape index (κ2) is 6.71. The second-order valence-corrected chi connectivity index (χ2v) is 5.39. The largest absolute Gasteiger partial charge is 0.481 e. The van der Waals surface area contributed by atoms with Crippen LogP contribution in [-0.4, -0.2) is 28.6 Å². The van der Waals surface area contributed by atoms with Crippen molar-refractivity contribution in [2.45, 2.75) is 51.6 Å². The first kappa shape index (κ1) is 14.1. The molecule has 0 aliphatic heterocycles. The smallest absolute Gasteiger partial charge is 0.307 e. The molecule has 0 saturated heterocycles. The molecular weight excluding hydrogens is 238 g/mol. The van der Waals surface area contributed by atoms with E-state index in [0.29, 0.717) is 0 Å². The molecule has 3 heteroatoms. The summed E-state index contributed by atoms with van der Waals surface area (Å²) in [5.41, 5.74) is 2.13. The minimum Gasteiger partial charge on any atom is -0.481 e. The lowest BCUT2D eigenvalue weighted by molar-refractivity contribution is -0.136. The van der Waals surface area contributed by atoms with Gasteiger partial charge in [-0.2, -0.15) is 0 Å². The third kappa shape index (κ3) is 4.35. The van der Waals surface area contributed by atoms with Gasteiger partial charge in [0.2, 0.25) is 0 Å². The number of carboxylic acid groups (broad SMARTS) is 1. The minimum atomic E-state index is -0.751. The van der Waals surface area contributed by atoms with Crippen molar-refractivity contribution in [1.29, 1.82) is 0 Å². The maximum Gasteiger partial charge on any atom is 0.307 e. The van der Waals surface area contributed by atoms with Gasteiger partial charge >= 0.3 is 5.97 Å². The van der Waals surface area contributed by atoms with Crippen molar-refractivity contribution < 1.29 is 9.90 Å². The summed E-state index contributed by atoms with van der Waals surface area (Å²) in [5.74, 6) is -0.751. The Morgan fingerprint density at radius 1 is 1.32 bits per heavy atom. The Morgan fingerprint density at radius 2 is 2.00 bits per heavy atom. The lowest BCUT2D eigenvalue weighted by Crippen LogP contribution is -2.27. The van der Waals surface area contributed by atoms with Gasteiger partial charge < -0.3 is 5.11 Å². The molecule has 0 atom stereocenters. The van der Waals surface area contributed by atoms with Crippen molar-refractivity contribution in [3.05, 3.63) is 35.4 Å². The first-order chi connectivity index (χ1) is 9.20. The van der Waals surface area contributed by atoms with Crippen molar-refractivity contribution in [3.63, 3.8) is 0 Å². The van der Waals surface area contributed by atoms with Crippen LogP contribution < -0.4 is 0 Å². The summed E-state index contributed by atoms with van der Waals surface area (Å²) in [4.78, 5) is 13.4. The Kier molecular flexibility index (Phi) is 4.97. The summed E-state index contributed by atoms with van der Waals surface area (Å²) in [6, 6.07) is 8.67. The molecule has 0 unspecified atom stereocenters. The molecule has 1 aromatic carbocycles. The van der Waals surface area contributed by atoms with Crippen LogP contribution in [0, 0.1) is 0 Å². The van der Waals surface area contributed by atoms with Gasteiger partial charge in [-0.3, -0.25) is 9.69 Å². The quantitative estimate of drug-likeness (QED) is 0.781. The summed E-state index contributed by atoms with van der Waals surface area (Å²) in [5, 5.41) is 8.97. The Balaban J connectivity index is 2.05. The highest BCUT2D eigenvalue weighted by Crippen LogP contribution is 2.29. The summed E-state index contributed by atoms with van der Waals surface area (Å²) in [6.45, 7) is 4.24. The maximum atomic E-state index is 10.9. The lowest BCUT2D eigenvalue weighted by Gasteiger charge is -2.23. The van der Waals surface area contributed by atoms with Crippen LogP contribution in [0.5, 0.6) is 0 Å². The van der Waals surface area contributed by atoms with Crippen molar-refractivity contribution in [2.24, 2.45) is 0 Å². The van der Waals surface area contributed by atoms with Gasteiger partial charge in [0, 0.05) is 12.6 Å². The number of aliphatic carboxylic acids is 1. The molecule has 1 fully saturated rings. The number of hydrogen-bond donors (Lipinski definition) is 1. The van der Waals surface area contributed by atoms with Crippen LogP contribution in [0.1, 0.15) is 43.7 Å².